The van der Waals surface area contributed by atoms with Crippen LogP contribution in [0.1, 0.15) is 22.8 Å². The summed E-state index contributed by atoms with van der Waals surface area (Å²) in [5.74, 6) is -0.552. The van der Waals surface area contributed by atoms with E-state index >= 15 is 0 Å². The molecule has 2 rings (SSSR count). The molecule has 0 spiro atoms. The number of anilines is 1. The molecule has 0 unspecified atom stereocenters. The number of amides is 1. The number of carbonyl (C=O) groups excluding carboxylic acids is 1. The van der Waals surface area contributed by atoms with Gasteiger partial charge in [0.15, 0.2) is 5.75 Å². The van der Waals surface area contributed by atoms with Crippen molar-refractivity contribution < 1.29 is 17.4 Å². The third kappa shape index (κ3) is 4.08. The SMILES string of the molecule is CCS(=O)(=O)Oc1cc(C)ccc1C(=O)Nc1ccccc1. The Hall–Kier alpha value is -2.34. The maximum Gasteiger partial charge on any atom is 0.308 e. The summed E-state index contributed by atoms with van der Waals surface area (Å²) in [4.78, 5) is 12.3. The first-order valence-electron chi connectivity index (χ1n) is 6.80. The zero-order valence-corrected chi connectivity index (χ0v) is 13.2. The van der Waals surface area contributed by atoms with Crippen LogP contribution < -0.4 is 9.50 Å². The van der Waals surface area contributed by atoms with Crippen molar-refractivity contribution in [3.63, 3.8) is 0 Å². The summed E-state index contributed by atoms with van der Waals surface area (Å²) in [5, 5.41) is 2.71. The van der Waals surface area contributed by atoms with Crippen LogP contribution in [-0.4, -0.2) is 20.1 Å². The van der Waals surface area contributed by atoms with Crippen LogP contribution in [0.5, 0.6) is 5.75 Å². The van der Waals surface area contributed by atoms with E-state index in [-0.39, 0.29) is 17.1 Å². The van der Waals surface area contributed by atoms with Crippen molar-refractivity contribution in [2.45, 2.75) is 13.8 Å². The Kier molecular flexibility index (Phi) is 4.82. The average molecular weight is 319 g/mol. The monoisotopic (exact) mass is 319 g/mol. The third-order valence-electron chi connectivity index (χ3n) is 2.98. The van der Waals surface area contributed by atoms with Gasteiger partial charge in [-0.3, -0.25) is 4.79 Å². The largest absolute Gasteiger partial charge is 0.382 e. The molecule has 2 aromatic carbocycles. The quantitative estimate of drug-likeness (QED) is 0.860. The number of para-hydroxylation sites is 1. The Morgan fingerprint density at radius 2 is 1.82 bits per heavy atom. The molecule has 0 atom stereocenters. The first kappa shape index (κ1) is 16.0. The second kappa shape index (κ2) is 6.62. The van der Waals surface area contributed by atoms with Gasteiger partial charge in [-0.15, -0.1) is 0 Å². The van der Waals surface area contributed by atoms with Gasteiger partial charge in [0.2, 0.25) is 0 Å². The summed E-state index contributed by atoms with van der Waals surface area (Å²) in [6.07, 6.45) is 0. The minimum Gasteiger partial charge on any atom is -0.382 e. The van der Waals surface area contributed by atoms with E-state index in [2.05, 4.69) is 5.32 Å². The van der Waals surface area contributed by atoms with Crippen molar-refractivity contribution >= 4 is 21.7 Å². The van der Waals surface area contributed by atoms with Gasteiger partial charge < -0.3 is 9.50 Å². The van der Waals surface area contributed by atoms with Crippen LogP contribution in [0.15, 0.2) is 48.5 Å². The Morgan fingerprint density at radius 3 is 2.45 bits per heavy atom. The highest BCUT2D eigenvalue weighted by molar-refractivity contribution is 7.87. The van der Waals surface area contributed by atoms with Crippen molar-refractivity contribution in [1.82, 2.24) is 0 Å². The molecule has 1 N–H and O–H groups in total. The number of carbonyl (C=O) groups is 1. The fourth-order valence-corrected chi connectivity index (χ4v) is 2.33. The Labute approximate surface area is 130 Å². The molecule has 0 aliphatic heterocycles. The molecule has 0 saturated carbocycles. The molecular formula is C16H17NO4S. The van der Waals surface area contributed by atoms with Crippen LogP contribution in [0.25, 0.3) is 0 Å². The molecule has 0 radical (unpaired) electrons. The maximum atomic E-state index is 12.3. The number of aryl methyl sites for hydroxylation is 1. The van der Waals surface area contributed by atoms with Crippen molar-refractivity contribution in [2.24, 2.45) is 0 Å². The van der Waals surface area contributed by atoms with E-state index in [1.165, 1.54) is 13.0 Å². The molecule has 22 heavy (non-hydrogen) atoms. The second-order valence-electron chi connectivity index (χ2n) is 4.75. The minimum atomic E-state index is -3.70. The van der Waals surface area contributed by atoms with Crippen LogP contribution in [0, 0.1) is 6.92 Å². The van der Waals surface area contributed by atoms with Gasteiger partial charge in [-0.2, -0.15) is 8.42 Å². The highest BCUT2D eigenvalue weighted by atomic mass is 32.2. The Balaban J connectivity index is 2.32. The molecule has 0 bridgehead atoms. The van der Waals surface area contributed by atoms with Gasteiger partial charge in [-0.25, -0.2) is 0 Å². The van der Waals surface area contributed by atoms with E-state index in [4.69, 9.17) is 4.18 Å². The van der Waals surface area contributed by atoms with Crippen LogP contribution in [0.3, 0.4) is 0 Å². The Bertz CT molecular complexity index is 770. The summed E-state index contributed by atoms with van der Waals surface area (Å²) in [6, 6.07) is 13.7. The predicted molar refractivity (Wildman–Crippen MR) is 85.7 cm³/mol. The number of nitrogens with one attached hydrogen (secondary N) is 1. The second-order valence-corrected chi connectivity index (χ2v) is 6.61. The summed E-state index contributed by atoms with van der Waals surface area (Å²) >= 11 is 0. The lowest BCUT2D eigenvalue weighted by Crippen LogP contribution is -2.17. The summed E-state index contributed by atoms with van der Waals surface area (Å²) < 4.78 is 28.4. The van der Waals surface area contributed by atoms with Crippen molar-refractivity contribution in [2.75, 3.05) is 11.1 Å². The van der Waals surface area contributed by atoms with Crippen molar-refractivity contribution in [3.05, 3.63) is 59.7 Å². The molecule has 6 heteroatoms. The molecule has 2 aromatic rings. The highest BCUT2D eigenvalue weighted by Crippen LogP contribution is 2.23. The molecule has 0 aliphatic rings. The third-order valence-corrected chi connectivity index (χ3v) is 4.12. The van der Waals surface area contributed by atoms with Crippen LogP contribution in [-0.2, 0) is 10.1 Å². The van der Waals surface area contributed by atoms with E-state index in [9.17, 15) is 13.2 Å². The molecule has 116 valence electrons. The summed E-state index contributed by atoms with van der Waals surface area (Å²) in [5.41, 5.74) is 1.60. The maximum absolute atomic E-state index is 12.3. The van der Waals surface area contributed by atoms with Gasteiger partial charge in [0, 0.05) is 5.69 Å². The highest BCUT2D eigenvalue weighted by Gasteiger charge is 2.18. The molecule has 0 heterocycles. The van der Waals surface area contributed by atoms with Crippen LogP contribution in [0.4, 0.5) is 5.69 Å². The van der Waals surface area contributed by atoms with E-state index < -0.39 is 16.0 Å². The molecule has 0 aliphatic carbocycles. The summed E-state index contributed by atoms with van der Waals surface area (Å²) in [6.45, 7) is 3.28. The lowest BCUT2D eigenvalue weighted by Gasteiger charge is -2.12. The Morgan fingerprint density at radius 1 is 1.14 bits per heavy atom. The standard InChI is InChI=1S/C16H17NO4S/c1-3-22(19,20)21-15-11-12(2)9-10-14(15)16(18)17-13-7-5-4-6-8-13/h4-11H,3H2,1-2H3,(H,17,18). The van der Waals surface area contributed by atoms with Gasteiger partial charge in [-0.1, -0.05) is 24.3 Å². The summed E-state index contributed by atoms with van der Waals surface area (Å²) in [7, 11) is -3.70. The fourth-order valence-electron chi connectivity index (χ4n) is 1.80. The average Bonchev–Trinajstić information content (AvgIpc) is 2.48. The number of hydrogen-bond acceptors (Lipinski definition) is 4. The smallest absolute Gasteiger partial charge is 0.308 e. The van der Waals surface area contributed by atoms with Gasteiger partial charge in [0.25, 0.3) is 5.91 Å². The van der Waals surface area contributed by atoms with Gasteiger partial charge in [-0.05, 0) is 43.7 Å². The van der Waals surface area contributed by atoms with E-state index in [1.807, 2.05) is 6.07 Å². The molecule has 0 aromatic heterocycles. The van der Waals surface area contributed by atoms with Crippen LogP contribution in [0.2, 0.25) is 0 Å². The number of rotatable bonds is 5. The number of benzene rings is 2. The van der Waals surface area contributed by atoms with Gasteiger partial charge >= 0.3 is 10.1 Å². The zero-order chi connectivity index (χ0) is 16.2. The van der Waals surface area contributed by atoms with E-state index in [1.54, 1.807) is 43.3 Å². The van der Waals surface area contributed by atoms with Gasteiger partial charge in [0.05, 0.1) is 11.3 Å². The molecule has 5 nitrogen and oxygen atoms in total. The van der Waals surface area contributed by atoms with Crippen molar-refractivity contribution in [1.29, 1.82) is 0 Å². The lowest BCUT2D eigenvalue weighted by atomic mass is 10.1. The van der Waals surface area contributed by atoms with Crippen LogP contribution >= 0.6 is 0 Å². The van der Waals surface area contributed by atoms with Crippen molar-refractivity contribution in [3.8, 4) is 5.75 Å². The van der Waals surface area contributed by atoms with Gasteiger partial charge in [0.1, 0.15) is 0 Å². The normalized spacial score (nSPS) is 11.0. The lowest BCUT2D eigenvalue weighted by molar-refractivity contribution is 0.102. The molecule has 0 saturated heterocycles. The topological polar surface area (TPSA) is 72.5 Å². The molecule has 1 amide bonds. The predicted octanol–water partition coefficient (Wildman–Crippen LogP) is 2.98. The van der Waals surface area contributed by atoms with E-state index in [0.717, 1.165) is 5.56 Å². The first-order valence-corrected chi connectivity index (χ1v) is 8.38. The zero-order valence-electron chi connectivity index (χ0n) is 12.4. The number of hydrogen-bond donors (Lipinski definition) is 1. The van der Waals surface area contributed by atoms with E-state index in [0.29, 0.717) is 5.69 Å². The fraction of sp³-hybridized carbons (Fsp3) is 0.188. The first-order chi connectivity index (χ1) is 10.4. The molecule has 0 fully saturated rings. The minimum absolute atomic E-state index is 0.0373. The molecular weight excluding hydrogens is 302 g/mol.